The molecule has 1 nitrogen and oxygen atoms in total. The lowest BCUT2D eigenvalue weighted by atomic mass is 10.1. The maximum absolute atomic E-state index is 2.54. The summed E-state index contributed by atoms with van der Waals surface area (Å²) in [5.74, 6) is 0. The van der Waals surface area contributed by atoms with Crippen LogP contribution < -0.4 is 0 Å². The van der Waals surface area contributed by atoms with Crippen LogP contribution in [0.2, 0.25) is 0 Å². The van der Waals surface area contributed by atoms with Gasteiger partial charge in [-0.3, -0.25) is 4.90 Å². The number of nitrogens with zero attached hydrogens (tertiary/aromatic N) is 1. The van der Waals surface area contributed by atoms with Crippen molar-refractivity contribution < 1.29 is 0 Å². The first-order valence-corrected chi connectivity index (χ1v) is 6.31. The summed E-state index contributed by atoms with van der Waals surface area (Å²) >= 11 is 2.39. The molecule has 0 aromatic heterocycles. The highest BCUT2D eigenvalue weighted by Gasteiger charge is 2.11. The Kier molecular flexibility index (Phi) is 3.44. The van der Waals surface area contributed by atoms with Crippen molar-refractivity contribution in [2.45, 2.75) is 26.3 Å². The number of rotatable bonds is 2. The fourth-order valence-corrected chi connectivity index (χ4v) is 2.34. The van der Waals surface area contributed by atoms with Crippen molar-refractivity contribution in [3.05, 3.63) is 32.9 Å². The van der Waals surface area contributed by atoms with Crippen LogP contribution in [-0.4, -0.2) is 18.0 Å². The first kappa shape index (κ1) is 10.4. The van der Waals surface area contributed by atoms with Gasteiger partial charge in [0.05, 0.1) is 0 Å². The molecule has 0 atom stereocenters. The molecule has 1 aromatic rings. The molecule has 0 spiro atoms. The van der Waals surface area contributed by atoms with Crippen LogP contribution in [0.5, 0.6) is 0 Å². The van der Waals surface area contributed by atoms with E-state index in [1.54, 1.807) is 0 Å². The predicted octanol–water partition coefficient (Wildman–Crippen LogP) is 3.20. The van der Waals surface area contributed by atoms with Crippen molar-refractivity contribution in [2.24, 2.45) is 0 Å². The normalized spacial score (nSPS) is 17.6. The zero-order valence-corrected chi connectivity index (χ0v) is 10.8. The molecule has 0 unspecified atom stereocenters. The van der Waals surface area contributed by atoms with Crippen molar-refractivity contribution in [3.8, 4) is 0 Å². The number of aryl methyl sites for hydroxylation is 1. The van der Waals surface area contributed by atoms with Crippen LogP contribution in [0.3, 0.4) is 0 Å². The quantitative estimate of drug-likeness (QED) is 0.758. The third kappa shape index (κ3) is 2.48. The number of hydrogen-bond donors (Lipinski definition) is 0. The van der Waals surface area contributed by atoms with Crippen LogP contribution in [0.4, 0.5) is 0 Å². The van der Waals surface area contributed by atoms with E-state index in [9.17, 15) is 0 Å². The SMILES string of the molecule is Cc1cc(CN2CCCC2)ccc1I. The molecule has 2 heteroatoms. The Morgan fingerprint density at radius 3 is 2.64 bits per heavy atom. The third-order valence-corrected chi connectivity index (χ3v) is 4.04. The molecule has 0 radical (unpaired) electrons. The van der Waals surface area contributed by atoms with Gasteiger partial charge in [0.25, 0.3) is 0 Å². The highest BCUT2D eigenvalue weighted by Crippen LogP contribution is 2.17. The summed E-state index contributed by atoms with van der Waals surface area (Å²) in [7, 11) is 0. The van der Waals surface area contributed by atoms with E-state index in [0.29, 0.717) is 0 Å². The zero-order chi connectivity index (χ0) is 9.97. The second kappa shape index (κ2) is 4.62. The topological polar surface area (TPSA) is 3.24 Å². The number of likely N-dealkylation sites (tertiary alicyclic amines) is 1. The van der Waals surface area contributed by atoms with Gasteiger partial charge in [-0.15, -0.1) is 0 Å². The fraction of sp³-hybridized carbons (Fsp3) is 0.500. The number of halogens is 1. The van der Waals surface area contributed by atoms with Gasteiger partial charge in [0.2, 0.25) is 0 Å². The van der Waals surface area contributed by atoms with E-state index in [-0.39, 0.29) is 0 Å². The van der Waals surface area contributed by atoms with E-state index < -0.39 is 0 Å². The number of benzene rings is 1. The lowest BCUT2D eigenvalue weighted by Gasteiger charge is -2.15. The average Bonchev–Trinajstić information content (AvgIpc) is 2.64. The Morgan fingerprint density at radius 2 is 2.00 bits per heavy atom. The van der Waals surface area contributed by atoms with E-state index in [0.717, 1.165) is 6.54 Å². The smallest absolute Gasteiger partial charge is 0.0233 e. The molecule has 0 saturated carbocycles. The summed E-state index contributed by atoms with van der Waals surface area (Å²) in [5, 5.41) is 0. The molecular weight excluding hydrogens is 285 g/mol. The van der Waals surface area contributed by atoms with Gasteiger partial charge in [-0.2, -0.15) is 0 Å². The van der Waals surface area contributed by atoms with Crippen LogP contribution in [-0.2, 0) is 6.54 Å². The van der Waals surface area contributed by atoms with Gasteiger partial charge in [0.15, 0.2) is 0 Å². The molecular formula is C12H16IN. The summed E-state index contributed by atoms with van der Waals surface area (Å²) < 4.78 is 1.37. The Bertz CT molecular complexity index is 316. The highest BCUT2D eigenvalue weighted by molar-refractivity contribution is 14.1. The van der Waals surface area contributed by atoms with Crippen molar-refractivity contribution in [1.29, 1.82) is 0 Å². The Labute approximate surface area is 99.6 Å². The monoisotopic (exact) mass is 301 g/mol. The summed E-state index contributed by atoms with van der Waals surface area (Å²) in [6, 6.07) is 6.80. The van der Waals surface area contributed by atoms with Crippen LogP contribution >= 0.6 is 22.6 Å². The lowest BCUT2D eigenvalue weighted by molar-refractivity contribution is 0.331. The van der Waals surface area contributed by atoms with Crippen LogP contribution in [0, 0.1) is 10.5 Å². The van der Waals surface area contributed by atoms with Gasteiger partial charge < -0.3 is 0 Å². The highest BCUT2D eigenvalue weighted by atomic mass is 127. The molecule has 14 heavy (non-hydrogen) atoms. The van der Waals surface area contributed by atoms with Crippen LogP contribution in [0.15, 0.2) is 18.2 Å². The molecule has 1 saturated heterocycles. The molecule has 2 rings (SSSR count). The van der Waals surface area contributed by atoms with E-state index in [4.69, 9.17) is 0 Å². The standard InChI is InChI=1S/C12H16IN/c1-10-8-11(4-5-12(10)13)9-14-6-2-3-7-14/h4-5,8H,2-3,6-7,9H2,1H3. The van der Waals surface area contributed by atoms with E-state index in [1.165, 1.54) is 40.6 Å². The first-order chi connectivity index (χ1) is 6.75. The predicted molar refractivity (Wildman–Crippen MR) is 68.4 cm³/mol. The first-order valence-electron chi connectivity index (χ1n) is 5.23. The minimum Gasteiger partial charge on any atom is -0.299 e. The van der Waals surface area contributed by atoms with Crippen molar-refractivity contribution in [3.63, 3.8) is 0 Å². The molecule has 1 heterocycles. The maximum Gasteiger partial charge on any atom is 0.0233 e. The Hall–Kier alpha value is -0.0900. The second-order valence-electron chi connectivity index (χ2n) is 4.07. The average molecular weight is 301 g/mol. The number of hydrogen-bond acceptors (Lipinski definition) is 1. The van der Waals surface area contributed by atoms with Gasteiger partial charge in [0, 0.05) is 10.1 Å². The van der Waals surface area contributed by atoms with Gasteiger partial charge in [-0.25, -0.2) is 0 Å². The molecule has 0 bridgehead atoms. The van der Waals surface area contributed by atoms with Crippen LogP contribution in [0.1, 0.15) is 24.0 Å². The molecule has 1 aliphatic heterocycles. The Balaban J connectivity index is 2.05. The second-order valence-corrected chi connectivity index (χ2v) is 5.23. The van der Waals surface area contributed by atoms with Gasteiger partial charge >= 0.3 is 0 Å². The lowest BCUT2D eigenvalue weighted by Crippen LogP contribution is -2.18. The van der Waals surface area contributed by atoms with Crippen molar-refractivity contribution >= 4 is 22.6 Å². The largest absolute Gasteiger partial charge is 0.299 e. The molecule has 1 aromatic carbocycles. The third-order valence-electron chi connectivity index (χ3n) is 2.83. The molecule has 0 amide bonds. The fourth-order valence-electron chi connectivity index (χ4n) is 2.00. The summed E-state index contributed by atoms with van der Waals surface area (Å²) in [4.78, 5) is 2.54. The van der Waals surface area contributed by atoms with Gasteiger partial charge in [0.1, 0.15) is 0 Å². The zero-order valence-electron chi connectivity index (χ0n) is 8.59. The molecule has 1 aliphatic rings. The molecule has 1 fully saturated rings. The van der Waals surface area contributed by atoms with Crippen LogP contribution in [0.25, 0.3) is 0 Å². The summed E-state index contributed by atoms with van der Waals surface area (Å²) in [6.07, 6.45) is 2.76. The summed E-state index contributed by atoms with van der Waals surface area (Å²) in [6.45, 7) is 5.89. The maximum atomic E-state index is 2.54. The molecule has 0 aliphatic carbocycles. The summed E-state index contributed by atoms with van der Waals surface area (Å²) in [5.41, 5.74) is 2.87. The van der Waals surface area contributed by atoms with Crippen molar-refractivity contribution in [1.82, 2.24) is 4.90 Å². The minimum absolute atomic E-state index is 1.14. The molecule has 0 N–H and O–H groups in total. The van der Waals surface area contributed by atoms with E-state index >= 15 is 0 Å². The molecule has 76 valence electrons. The van der Waals surface area contributed by atoms with Gasteiger partial charge in [-0.1, -0.05) is 12.1 Å². The Morgan fingerprint density at radius 1 is 1.29 bits per heavy atom. The minimum atomic E-state index is 1.14. The van der Waals surface area contributed by atoms with E-state index in [1.807, 2.05) is 0 Å². The van der Waals surface area contributed by atoms with Crippen molar-refractivity contribution in [2.75, 3.05) is 13.1 Å². The van der Waals surface area contributed by atoms with E-state index in [2.05, 4.69) is 52.6 Å². The van der Waals surface area contributed by atoms with Gasteiger partial charge in [-0.05, 0) is 72.6 Å².